The summed E-state index contributed by atoms with van der Waals surface area (Å²) in [6.07, 6.45) is 1.96. The van der Waals surface area contributed by atoms with Gasteiger partial charge in [-0.2, -0.15) is 5.10 Å². The Labute approximate surface area is 77.2 Å². The molecule has 0 aromatic heterocycles. The summed E-state index contributed by atoms with van der Waals surface area (Å²) in [6, 6.07) is 6.01. The molecule has 0 amide bonds. The van der Waals surface area contributed by atoms with Crippen molar-refractivity contribution in [3.8, 4) is 5.75 Å². The summed E-state index contributed by atoms with van der Waals surface area (Å²) in [7, 11) is 1.68. The van der Waals surface area contributed by atoms with Gasteiger partial charge in [0.15, 0.2) is 0 Å². The second-order valence-electron chi connectivity index (χ2n) is 3.10. The minimum absolute atomic E-state index is 0.900. The molecule has 0 fully saturated rings. The third-order valence-corrected chi connectivity index (χ3v) is 2.41. The van der Waals surface area contributed by atoms with E-state index < -0.39 is 0 Å². The molecule has 0 saturated heterocycles. The Kier molecular flexibility index (Phi) is 1.93. The smallest absolute Gasteiger partial charge is 0.119 e. The SMILES string of the molecule is COc1ccc2c(c1)CC/C2=N\N. The highest BCUT2D eigenvalue weighted by Gasteiger charge is 2.17. The summed E-state index contributed by atoms with van der Waals surface area (Å²) in [5, 5.41) is 3.76. The van der Waals surface area contributed by atoms with Crippen molar-refractivity contribution in [3.05, 3.63) is 29.3 Å². The third-order valence-electron chi connectivity index (χ3n) is 2.41. The fraction of sp³-hybridized carbons (Fsp3) is 0.300. The van der Waals surface area contributed by atoms with Crippen LogP contribution in [0.25, 0.3) is 0 Å². The summed E-state index contributed by atoms with van der Waals surface area (Å²) in [5.41, 5.74) is 3.45. The lowest BCUT2D eigenvalue weighted by Crippen LogP contribution is -1.98. The van der Waals surface area contributed by atoms with Gasteiger partial charge in [0.25, 0.3) is 0 Å². The number of hydrogen-bond acceptors (Lipinski definition) is 3. The summed E-state index contributed by atoms with van der Waals surface area (Å²) in [5.74, 6) is 6.18. The van der Waals surface area contributed by atoms with Crippen LogP contribution in [0, 0.1) is 0 Å². The number of nitrogens with two attached hydrogens (primary N) is 1. The Morgan fingerprint density at radius 2 is 2.23 bits per heavy atom. The number of hydrazone groups is 1. The molecule has 13 heavy (non-hydrogen) atoms. The lowest BCUT2D eigenvalue weighted by atomic mass is 10.1. The van der Waals surface area contributed by atoms with Gasteiger partial charge in [-0.3, -0.25) is 0 Å². The van der Waals surface area contributed by atoms with E-state index in [2.05, 4.69) is 5.10 Å². The molecule has 1 aromatic rings. The molecule has 1 aliphatic rings. The van der Waals surface area contributed by atoms with Crippen LogP contribution in [0.15, 0.2) is 23.3 Å². The van der Waals surface area contributed by atoms with Crippen LogP contribution in [0.1, 0.15) is 17.5 Å². The first kappa shape index (κ1) is 8.10. The minimum Gasteiger partial charge on any atom is -0.497 e. The van der Waals surface area contributed by atoms with Crippen molar-refractivity contribution in [1.82, 2.24) is 0 Å². The molecule has 0 atom stereocenters. The van der Waals surface area contributed by atoms with Gasteiger partial charge in [-0.15, -0.1) is 0 Å². The van der Waals surface area contributed by atoms with E-state index in [0.29, 0.717) is 0 Å². The Balaban J connectivity index is 2.46. The van der Waals surface area contributed by atoms with E-state index in [1.54, 1.807) is 7.11 Å². The normalized spacial score (nSPS) is 17.5. The summed E-state index contributed by atoms with van der Waals surface area (Å²) in [4.78, 5) is 0. The van der Waals surface area contributed by atoms with Crippen LogP contribution in [-0.2, 0) is 6.42 Å². The quantitative estimate of drug-likeness (QED) is 0.518. The average Bonchev–Trinajstić information content (AvgIpc) is 2.59. The van der Waals surface area contributed by atoms with Gasteiger partial charge in [0.1, 0.15) is 5.75 Å². The highest BCUT2D eigenvalue weighted by molar-refractivity contribution is 6.04. The predicted molar refractivity (Wildman–Crippen MR) is 52.0 cm³/mol. The molecular weight excluding hydrogens is 164 g/mol. The fourth-order valence-electron chi connectivity index (χ4n) is 1.71. The molecule has 2 rings (SSSR count). The van der Waals surface area contributed by atoms with Gasteiger partial charge < -0.3 is 10.6 Å². The van der Waals surface area contributed by atoms with E-state index in [1.807, 2.05) is 18.2 Å². The molecule has 68 valence electrons. The van der Waals surface area contributed by atoms with E-state index in [9.17, 15) is 0 Å². The van der Waals surface area contributed by atoms with Crippen molar-refractivity contribution in [2.45, 2.75) is 12.8 Å². The van der Waals surface area contributed by atoms with Crippen molar-refractivity contribution in [2.24, 2.45) is 10.9 Å². The second-order valence-corrected chi connectivity index (χ2v) is 3.10. The highest BCUT2D eigenvalue weighted by Crippen LogP contribution is 2.26. The van der Waals surface area contributed by atoms with Gasteiger partial charge in [-0.05, 0) is 36.6 Å². The van der Waals surface area contributed by atoms with Crippen LogP contribution in [0.2, 0.25) is 0 Å². The van der Waals surface area contributed by atoms with Gasteiger partial charge in [0, 0.05) is 5.56 Å². The van der Waals surface area contributed by atoms with E-state index in [1.165, 1.54) is 11.1 Å². The number of ether oxygens (including phenoxy) is 1. The van der Waals surface area contributed by atoms with Crippen molar-refractivity contribution < 1.29 is 4.74 Å². The number of fused-ring (bicyclic) bond motifs is 1. The van der Waals surface area contributed by atoms with Crippen LogP contribution in [0.4, 0.5) is 0 Å². The minimum atomic E-state index is 0.900. The van der Waals surface area contributed by atoms with E-state index in [0.717, 1.165) is 24.3 Å². The number of nitrogens with zero attached hydrogens (tertiary/aromatic N) is 1. The second kappa shape index (κ2) is 3.09. The van der Waals surface area contributed by atoms with Crippen molar-refractivity contribution >= 4 is 5.71 Å². The summed E-state index contributed by atoms with van der Waals surface area (Å²) in [6.45, 7) is 0. The Bertz CT molecular complexity index is 358. The molecule has 3 nitrogen and oxygen atoms in total. The van der Waals surface area contributed by atoms with E-state index in [-0.39, 0.29) is 0 Å². The maximum atomic E-state index is 5.28. The van der Waals surface area contributed by atoms with Crippen LogP contribution < -0.4 is 10.6 Å². The molecule has 3 heteroatoms. The summed E-state index contributed by atoms with van der Waals surface area (Å²) >= 11 is 0. The van der Waals surface area contributed by atoms with Gasteiger partial charge in [0.05, 0.1) is 12.8 Å². The van der Waals surface area contributed by atoms with Crippen LogP contribution in [0.3, 0.4) is 0 Å². The molecule has 0 unspecified atom stereocenters. The molecule has 2 N–H and O–H groups in total. The van der Waals surface area contributed by atoms with E-state index >= 15 is 0 Å². The van der Waals surface area contributed by atoms with Gasteiger partial charge in [-0.25, -0.2) is 0 Å². The van der Waals surface area contributed by atoms with Crippen molar-refractivity contribution in [2.75, 3.05) is 7.11 Å². The lowest BCUT2D eigenvalue weighted by Gasteiger charge is -2.02. The average molecular weight is 176 g/mol. The number of methoxy groups -OCH3 is 1. The Hall–Kier alpha value is -1.51. The number of rotatable bonds is 1. The zero-order valence-electron chi connectivity index (χ0n) is 7.58. The Morgan fingerprint density at radius 3 is 2.92 bits per heavy atom. The van der Waals surface area contributed by atoms with Crippen LogP contribution >= 0.6 is 0 Å². The van der Waals surface area contributed by atoms with Gasteiger partial charge in [0.2, 0.25) is 0 Å². The molecule has 0 aliphatic heterocycles. The molecular formula is C10H12N2O. The lowest BCUT2D eigenvalue weighted by molar-refractivity contribution is 0.414. The van der Waals surface area contributed by atoms with Gasteiger partial charge >= 0.3 is 0 Å². The third kappa shape index (κ3) is 1.26. The maximum Gasteiger partial charge on any atom is 0.119 e. The summed E-state index contributed by atoms with van der Waals surface area (Å²) < 4.78 is 5.14. The largest absolute Gasteiger partial charge is 0.497 e. The fourth-order valence-corrected chi connectivity index (χ4v) is 1.71. The zero-order valence-corrected chi connectivity index (χ0v) is 7.58. The molecule has 0 spiro atoms. The van der Waals surface area contributed by atoms with Gasteiger partial charge in [-0.1, -0.05) is 0 Å². The Morgan fingerprint density at radius 1 is 1.38 bits per heavy atom. The van der Waals surface area contributed by atoms with Crippen LogP contribution in [0.5, 0.6) is 5.75 Å². The molecule has 0 heterocycles. The molecule has 0 saturated carbocycles. The number of aryl methyl sites for hydroxylation is 1. The monoisotopic (exact) mass is 176 g/mol. The predicted octanol–water partition coefficient (Wildman–Crippen LogP) is 1.30. The van der Waals surface area contributed by atoms with Crippen molar-refractivity contribution in [3.63, 3.8) is 0 Å². The standard InChI is InChI=1S/C10H12N2O/c1-13-8-3-4-9-7(6-8)2-5-10(9)12-11/h3-4,6H,2,5,11H2,1H3/b12-10+. The number of hydrogen-bond donors (Lipinski definition) is 1. The highest BCUT2D eigenvalue weighted by atomic mass is 16.5. The molecule has 1 aliphatic carbocycles. The topological polar surface area (TPSA) is 47.6 Å². The maximum absolute atomic E-state index is 5.28. The molecule has 0 radical (unpaired) electrons. The first-order chi connectivity index (χ1) is 6.35. The first-order valence-electron chi connectivity index (χ1n) is 4.29. The molecule has 1 aromatic carbocycles. The number of benzene rings is 1. The first-order valence-corrected chi connectivity index (χ1v) is 4.29. The van der Waals surface area contributed by atoms with Crippen LogP contribution in [-0.4, -0.2) is 12.8 Å². The molecule has 0 bridgehead atoms. The van der Waals surface area contributed by atoms with Crippen molar-refractivity contribution in [1.29, 1.82) is 0 Å². The zero-order chi connectivity index (χ0) is 9.26. The van der Waals surface area contributed by atoms with E-state index in [4.69, 9.17) is 10.6 Å².